The molecule has 196 valence electrons. The first-order chi connectivity index (χ1) is 16.4. The van der Waals surface area contributed by atoms with Gasteiger partial charge < -0.3 is 10.1 Å². The quantitative estimate of drug-likeness (QED) is 0.528. The van der Waals surface area contributed by atoms with Crippen molar-refractivity contribution in [3.8, 4) is 0 Å². The molecule has 0 unspecified atom stereocenters. The zero-order valence-electron chi connectivity index (χ0n) is 22.1. The number of carbonyl (C=O) groups is 2. The third kappa shape index (κ3) is 9.60. The van der Waals surface area contributed by atoms with Crippen molar-refractivity contribution in [2.45, 2.75) is 91.8 Å². The number of aromatic nitrogens is 1. The smallest absolute Gasteiger partial charge is 0.410 e. The van der Waals surface area contributed by atoms with Crippen LogP contribution in [-0.2, 0) is 38.9 Å². The molecule has 1 N–H and O–H groups in total. The van der Waals surface area contributed by atoms with Crippen molar-refractivity contribution in [3.63, 3.8) is 0 Å². The van der Waals surface area contributed by atoms with E-state index in [9.17, 15) is 18.0 Å². The van der Waals surface area contributed by atoms with Gasteiger partial charge in [0, 0.05) is 0 Å². The molecule has 2 aromatic rings. The molecule has 2 heterocycles. The van der Waals surface area contributed by atoms with Crippen molar-refractivity contribution in [2.24, 2.45) is 0 Å². The van der Waals surface area contributed by atoms with Crippen LogP contribution >= 0.6 is 11.3 Å². The number of anilines is 1. The second kappa shape index (κ2) is 13.6. The molecule has 3 rings (SSSR count). The van der Waals surface area contributed by atoms with Crippen LogP contribution in [0.25, 0.3) is 0 Å². The number of ether oxygens (including phenoxy) is 1. The molecular formula is C25H39N3O5S2. The Balaban J connectivity index is 0.00000114. The van der Waals surface area contributed by atoms with E-state index in [2.05, 4.69) is 24.1 Å². The summed E-state index contributed by atoms with van der Waals surface area (Å²) in [4.78, 5) is 31.7. The van der Waals surface area contributed by atoms with E-state index in [0.717, 1.165) is 10.6 Å². The molecule has 1 aromatic carbocycles. The number of thiazole rings is 1. The number of hydrogen-bond donors (Lipinski definition) is 1. The topological polar surface area (TPSA) is 106 Å². The first kappa shape index (κ1) is 30.6. The zero-order chi connectivity index (χ0) is 26.8. The highest BCUT2D eigenvalue weighted by Crippen LogP contribution is 2.32. The molecule has 0 atom stereocenters. The summed E-state index contributed by atoms with van der Waals surface area (Å²) in [5.41, 5.74) is 0.913. The molecule has 2 amide bonds. The third-order valence-electron chi connectivity index (χ3n) is 4.38. The minimum Gasteiger partial charge on any atom is -0.444 e. The predicted molar refractivity (Wildman–Crippen MR) is 141 cm³/mol. The molecule has 1 aliphatic rings. The largest absolute Gasteiger partial charge is 0.444 e. The lowest BCUT2D eigenvalue weighted by Gasteiger charge is -2.24. The molecule has 0 fully saturated rings. The lowest BCUT2D eigenvalue weighted by molar-refractivity contribution is -0.115. The monoisotopic (exact) mass is 525 g/mol. The Kier molecular flexibility index (Phi) is 11.9. The number of amides is 2. The van der Waals surface area contributed by atoms with Crippen molar-refractivity contribution in [3.05, 3.63) is 40.4 Å². The molecule has 0 radical (unpaired) electrons. The van der Waals surface area contributed by atoms with Crippen LogP contribution in [0.2, 0.25) is 0 Å². The Hall–Kier alpha value is -2.46. The second-order valence-electron chi connectivity index (χ2n) is 8.70. The minimum absolute atomic E-state index is 0.0346. The highest BCUT2D eigenvalue weighted by atomic mass is 32.2. The molecule has 8 nitrogen and oxygen atoms in total. The van der Waals surface area contributed by atoms with E-state index < -0.39 is 15.4 Å². The van der Waals surface area contributed by atoms with Crippen LogP contribution in [0.3, 0.4) is 0 Å². The van der Waals surface area contributed by atoms with Gasteiger partial charge in [0.15, 0.2) is 15.0 Å². The SMILES string of the molecule is CC.CCC.CCS(=O)(=O)c1ccc(CC(=O)Nc2nc3c(s2)CN(C(=O)OC(C)(C)C)C3)cc1. The Morgan fingerprint density at radius 2 is 1.66 bits per heavy atom. The summed E-state index contributed by atoms with van der Waals surface area (Å²) >= 11 is 1.34. The first-order valence-electron chi connectivity index (χ1n) is 12.0. The standard InChI is InChI=1S/C20H25N3O5S2.C3H8.C2H6/c1-5-30(26,27)14-8-6-13(7-9-14)10-17(24)22-18-21-15-11-23(12-16(15)29-18)19(25)28-20(2,3)4;1-3-2;1-2/h6-9H,5,10-12H2,1-4H3,(H,21,22,24);3H2,1-2H3;1-2H3. The summed E-state index contributed by atoms with van der Waals surface area (Å²) in [7, 11) is -3.26. The van der Waals surface area contributed by atoms with Crippen molar-refractivity contribution < 1.29 is 22.7 Å². The zero-order valence-corrected chi connectivity index (χ0v) is 23.7. The van der Waals surface area contributed by atoms with Crippen molar-refractivity contribution in [1.29, 1.82) is 0 Å². The molecule has 0 aliphatic carbocycles. The number of sulfone groups is 1. The molecule has 10 heteroatoms. The molecule has 1 aromatic heterocycles. The summed E-state index contributed by atoms with van der Waals surface area (Å²) in [5, 5.41) is 3.26. The maximum absolute atomic E-state index is 12.3. The van der Waals surface area contributed by atoms with E-state index in [1.807, 2.05) is 34.6 Å². The molecule has 1 aliphatic heterocycles. The van der Waals surface area contributed by atoms with Crippen LogP contribution < -0.4 is 5.32 Å². The maximum Gasteiger partial charge on any atom is 0.410 e. The van der Waals surface area contributed by atoms with E-state index in [0.29, 0.717) is 23.8 Å². The van der Waals surface area contributed by atoms with Crippen LogP contribution in [0.1, 0.15) is 77.9 Å². The molecule has 0 bridgehead atoms. The Morgan fingerprint density at radius 1 is 1.09 bits per heavy atom. The molecule has 0 saturated heterocycles. The van der Waals surface area contributed by atoms with Gasteiger partial charge in [-0.15, -0.1) is 0 Å². The number of rotatable bonds is 5. The normalized spacial score (nSPS) is 12.5. The first-order valence-corrected chi connectivity index (χ1v) is 14.4. The fourth-order valence-corrected chi connectivity index (χ4v) is 4.77. The summed E-state index contributed by atoms with van der Waals surface area (Å²) in [6.45, 7) is 16.1. The van der Waals surface area contributed by atoms with Crippen molar-refractivity contribution in [2.75, 3.05) is 11.1 Å². The van der Waals surface area contributed by atoms with Crippen LogP contribution in [0, 0.1) is 0 Å². The van der Waals surface area contributed by atoms with Gasteiger partial charge in [0.25, 0.3) is 0 Å². The van der Waals surface area contributed by atoms with Gasteiger partial charge in [0.2, 0.25) is 5.91 Å². The van der Waals surface area contributed by atoms with Crippen molar-refractivity contribution >= 4 is 38.3 Å². The second-order valence-corrected chi connectivity index (χ2v) is 12.1. The van der Waals surface area contributed by atoms with E-state index in [4.69, 9.17) is 4.74 Å². The highest BCUT2D eigenvalue weighted by Gasteiger charge is 2.30. The number of carbonyl (C=O) groups excluding carboxylic acids is 2. The van der Waals surface area contributed by atoms with E-state index in [1.54, 1.807) is 24.0 Å². The van der Waals surface area contributed by atoms with E-state index >= 15 is 0 Å². The Labute approximate surface area is 214 Å². The molecule has 0 saturated carbocycles. The number of hydrogen-bond acceptors (Lipinski definition) is 7. The molecule has 0 spiro atoms. The number of fused-ring (bicyclic) bond motifs is 1. The number of nitrogens with zero attached hydrogens (tertiary/aromatic N) is 2. The highest BCUT2D eigenvalue weighted by molar-refractivity contribution is 7.91. The Morgan fingerprint density at radius 3 is 2.14 bits per heavy atom. The lowest BCUT2D eigenvalue weighted by Crippen LogP contribution is -2.33. The van der Waals surface area contributed by atoms with E-state index in [1.165, 1.54) is 29.9 Å². The fraction of sp³-hybridized carbons (Fsp3) is 0.560. The maximum atomic E-state index is 12.3. The lowest BCUT2D eigenvalue weighted by atomic mass is 10.1. The average molecular weight is 526 g/mol. The van der Waals surface area contributed by atoms with Crippen LogP contribution in [0.15, 0.2) is 29.2 Å². The van der Waals surface area contributed by atoms with E-state index in [-0.39, 0.29) is 29.1 Å². The summed E-state index contributed by atoms with van der Waals surface area (Å²) in [6.07, 6.45) is 0.979. The predicted octanol–water partition coefficient (Wildman–Crippen LogP) is 5.81. The van der Waals surface area contributed by atoms with Crippen LogP contribution in [0.4, 0.5) is 9.93 Å². The third-order valence-corrected chi connectivity index (χ3v) is 7.13. The van der Waals surface area contributed by atoms with Gasteiger partial charge in [0.1, 0.15) is 5.60 Å². The van der Waals surface area contributed by atoms with Gasteiger partial charge in [-0.2, -0.15) is 0 Å². The van der Waals surface area contributed by atoms with Crippen LogP contribution in [0.5, 0.6) is 0 Å². The van der Waals surface area contributed by atoms with Gasteiger partial charge >= 0.3 is 6.09 Å². The summed E-state index contributed by atoms with van der Waals surface area (Å²) < 4.78 is 29.1. The Bertz CT molecular complexity index is 1050. The van der Waals surface area contributed by atoms with Gasteiger partial charge in [0.05, 0.1) is 40.7 Å². The molecular weight excluding hydrogens is 486 g/mol. The van der Waals surface area contributed by atoms with Crippen molar-refractivity contribution in [1.82, 2.24) is 9.88 Å². The van der Waals surface area contributed by atoms with Gasteiger partial charge in [-0.25, -0.2) is 18.2 Å². The summed E-state index contributed by atoms with van der Waals surface area (Å²) in [5.74, 6) is -0.204. The number of benzene rings is 1. The fourth-order valence-electron chi connectivity index (χ4n) is 2.88. The van der Waals surface area contributed by atoms with Gasteiger partial charge in [-0.05, 0) is 38.5 Å². The average Bonchev–Trinajstić information content (AvgIpc) is 3.34. The van der Waals surface area contributed by atoms with Crippen LogP contribution in [-0.4, -0.2) is 41.7 Å². The van der Waals surface area contributed by atoms with Gasteiger partial charge in [-0.1, -0.05) is 64.5 Å². The number of nitrogens with one attached hydrogen (secondary N) is 1. The minimum atomic E-state index is -3.26. The summed E-state index contributed by atoms with van der Waals surface area (Å²) in [6, 6.07) is 6.32. The molecule has 35 heavy (non-hydrogen) atoms. The van der Waals surface area contributed by atoms with Gasteiger partial charge in [-0.3, -0.25) is 9.69 Å².